The number of nitrogens with one attached hydrogen (secondary N) is 1. The standard InChI is InChI=1S/C27H28FIN2O/c1-17-8-6-7-9-23(17)30-16-22-20(21-11-10-19(28)14-25(21)32-5)12-13-24-26(22)18(2)15-27(3,4)31(24)29/h6-15,30H,16H2,1-5H3. The Kier molecular flexibility index (Phi) is 6.21. The first-order valence-corrected chi connectivity index (χ1v) is 11.6. The lowest BCUT2D eigenvalue weighted by Crippen LogP contribution is -2.38. The van der Waals surface area contributed by atoms with E-state index in [0.29, 0.717) is 12.3 Å². The van der Waals surface area contributed by atoms with E-state index < -0.39 is 0 Å². The molecule has 1 N–H and O–H groups in total. The maximum Gasteiger partial charge on any atom is 0.129 e. The first kappa shape index (κ1) is 22.6. The minimum atomic E-state index is -0.306. The highest BCUT2D eigenvalue weighted by molar-refractivity contribution is 14.1. The van der Waals surface area contributed by atoms with Gasteiger partial charge in [-0.15, -0.1) is 0 Å². The Balaban J connectivity index is 1.91. The molecule has 1 aliphatic rings. The van der Waals surface area contributed by atoms with Crippen molar-refractivity contribution in [2.24, 2.45) is 0 Å². The highest BCUT2D eigenvalue weighted by atomic mass is 127. The van der Waals surface area contributed by atoms with Gasteiger partial charge in [-0.05, 0) is 74.2 Å². The first-order chi connectivity index (χ1) is 15.2. The summed E-state index contributed by atoms with van der Waals surface area (Å²) in [7, 11) is 1.59. The van der Waals surface area contributed by atoms with Gasteiger partial charge in [-0.1, -0.05) is 30.3 Å². The van der Waals surface area contributed by atoms with E-state index in [9.17, 15) is 4.39 Å². The van der Waals surface area contributed by atoms with Crippen LogP contribution in [0, 0.1) is 12.7 Å². The number of aryl methyl sites for hydroxylation is 1. The number of benzene rings is 3. The maximum absolute atomic E-state index is 13.9. The van der Waals surface area contributed by atoms with Gasteiger partial charge in [0.2, 0.25) is 0 Å². The van der Waals surface area contributed by atoms with Crippen molar-refractivity contribution in [3.05, 3.63) is 83.2 Å². The highest BCUT2D eigenvalue weighted by Gasteiger charge is 2.32. The maximum atomic E-state index is 13.9. The lowest BCUT2D eigenvalue weighted by atomic mass is 9.85. The molecule has 4 rings (SSSR count). The average Bonchev–Trinajstić information content (AvgIpc) is 2.76. The zero-order valence-electron chi connectivity index (χ0n) is 19.1. The van der Waals surface area contributed by atoms with Gasteiger partial charge in [-0.2, -0.15) is 0 Å². The molecule has 3 nitrogen and oxygen atoms in total. The van der Waals surface area contributed by atoms with Crippen molar-refractivity contribution in [3.8, 4) is 16.9 Å². The molecule has 0 unspecified atom stereocenters. The van der Waals surface area contributed by atoms with Crippen molar-refractivity contribution in [1.82, 2.24) is 0 Å². The summed E-state index contributed by atoms with van der Waals surface area (Å²) in [6.07, 6.45) is 2.31. The fourth-order valence-electron chi connectivity index (χ4n) is 4.49. The molecule has 0 radical (unpaired) electrons. The van der Waals surface area contributed by atoms with Crippen LogP contribution in [0.4, 0.5) is 15.8 Å². The summed E-state index contributed by atoms with van der Waals surface area (Å²) >= 11 is 2.40. The quantitative estimate of drug-likeness (QED) is 0.263. The number of methoxy groups -OCH3 is 1. The van der Waals surface area contributed by atoms with Crippen molar-refractivity contribution in [2.75, 3.05) is 15.5 Å². The Morgan fingerprint density at radius 3 is 2.47 bits per heavy atom. The predicted molar refractivity (Wildman–Crippen MR) is 141 cm³/mol. The summed E-state index contributed by atoms with van der Waals surface area (Å²) in [6.45, 7) is 9.35. The summed E-state index contributed by atoms with van der Waals surface area (Å²) in [5.74, 6) is 0.227. The van der Waals surface area contributed by atoms with E-state index in [1.54, 1.807) is 13.2 Å². The van der Waals surface area contributed by atoms with Gasteiger partial charge >= 0.3 is 0 Å². The van der Waals surface area contributed by atoms with Crippen LogP contribution in [0.25, 0.3) is 16.7 Å². The number of hydrogen-bond acceptors (Lipinski definition) is 3. The van der Waals surface area contributed by atoms with Crippen LogP contribution in [0.1, 0.15) is 37.5 Å². The number of halogens is 2. The molecule has 1 heterocycles. The fourth-order valence-corrected chi connectivity index (χ4v) is 5.03. The van der Waals surface area contributed by atoms with Crippen LogP contribution in [-0.4, -0.2) is 12.6 Å². The SMILES string of the molecule is COc1cc(F)ccc1-c1ccc2c(c1CNc1ccccc1C)C(C)=CC(C)(C)N2I. The second-order valence-electron chi connectivity index (χ2n) is 8.76. The average molecular weight is 542 g/mol. The fraction of sp³-hybridized carbons (Fsp3) is 0.259. The lowest BCUT2D eigenvalue weighted by Gasteiger charge is -2.39. The number of rotatable bonds is 5. The molecule has 0 spiro atoms. The third-order valence-corrected chi connectivity index (χ3v) is 7.79. The van der Waals surface area contributed by atoms with Gasteiger partial charge in [-0.3, -0.25) is 0 Å². The van der Waals surface area contributed by atoms with E-state index in [4.69, 9.17) is 4.74 Å². The van der Waals surface area contributed by atoms with E-state index in [2.05, 4.69) is 89.3 Å². The van der Waals surface area contributed by atoms with Gasteiger partial charge in [0.25, 0.3) is 0 Å². The summed E-state index contributed by atoms with van der Waals surface area (Å²) < 4.78 is 21.8. The van der Waals surface area contributed by atoms with Crippen LogP contribution in [0.15, 0.2) is 60.7 Å². The van der Waals surface area contributed by atoms with Crippen molar-refractivity contribution in [3.63, 3.8) is 0 Å². The van der Waals surface area contributed by atoms with Gasteiger partial charge in [-0.25, -0.2) is 4.39 Å². The van der Waals surface area contributed by atoms with E-state index in [1.165, 1.54) is 40.1 Å². The molecule has 3 aromatic rings. The Labute approximate surface area is 203 Å². The zero-order chi connectivity index (χ0) is 23.0. The summed E-state index contributed by atoms with van der Waals surface area (Å²) in [4.78, 5) is 0. The van der Waals surface area contributed by atoms with E-state index in [0.717, 1.165) is 16.8 Å². The number of allylic oxidation sites excluding steroid dienone is 1. The molecule has 32 heavy (non-hydrogen) atoms. The minimum absolute atomic E-state index is 0.0898. The largest absolute Gasteiger partial charge is 0.496 e. The number of nitrogens with zero attached hydrogens (tertiary/aromatic N) is 1. The minimum Gasteiger partial charge on any atom is -0.496 e. The highest BCUT2D eigenvalue weighted by Crippen LogP contribution is 2.46. The van der Waals surface area contributed by atoms with Crippen molar-refractivity contribution >= 4 is 39.8 Å². The Morgan fingerprint density at radius 2 is 1.75 bits per heavy atom. The van der Waals surface area contributed by atoms with Crippen molar-refractivity contribution in [2.45, 2.75) is 39.8 Å². The molecule has 5 heteroatoms. The monoisotopic (exact) mass is 542 g/mol. The molecule has 0 aromatic heterocycles. The molecule has 0 saturated heterocycles. The Bertz CT molecular complexity index is 1200. The Hall–Kier alpha value is -2.54. The molecule has 1 aliphatic heterocycles. The van der Waals surface area contributed by atoms with Crippen molar-refractivity contribution < 1.29 is 9.13 Å². The topological polar surface area (TPSA) is 24.5 Å². The van der Waals surface area contributed by atoms with Crippen LogP contribution in [0.5, 0.6) is 5.75 Å². The number of hydrogen-bond donors (Lipinski definition) is 1. The molecular weight excluding hydrogens is 514 g/mol. The molecule has 3 aromatic carbocycles. The number of ether oxygens (including phenoxy) is 1. The predicted octanol–water partition coefficient (Wildman–Crippen LogP) is 7.77. The Morgan fingerprint density at radius 1 is 1.03 bits per heavy atom. The number of fused-ring (bicyclic) bond motifs is 1. The molecule has 0 bridgehead atoms. The van der Waals surface area contributed by atoms with Crippen LogP contribution in [0.3, 0.4) is 0 Å². The summed E-state index contributed by atoms with van der Waals surface area (Å²) in [5.41, 5.74) is 8.94. The second-order valence-corrected chi connectivity index (χ2v) is 9.73. The third-order valence-electron chi connectivity index (χ3n) is 6.03. The van der Waals surface area contributed by atoms with E-state index in [-0.39, 0.29) is 11.4 Å². The zero-order valence-corrected chi connectivity index (χ0v) is 21.2. The van der Waals surface area contributed by atoms with Gasteiger partial charge in [0, 0.05) is 29.4 Å². The molecule has 0 aliphatic carbocycles. The van der Waals surface area contributed by atoms with Crippen LogP contribution in [-0.2, 0) is 6.54 Å². The lowest BCUT2D eigenvalue weighted by molar-refractivity contribution is 0.413. The number of para-hydroxylation sites is 1. The van der Waals surface area contributed by atoms with Gasteiger partial charge in [0.05, 0.1) is 41.2 Å². The van der Waals surface area contributed by atoms with Crippen LogP contribution in [0.2, 0.25) is 0 Å². The first-order valence-electron chi connectivity index (χ1n) is 10.7. The summed E-state index contributed by atoms with van der Waals surface area (Å²) in [5, 5.41) is 3.63. The molecule has 0 fully saturated rings. The molecule has 0 amide bonds. The normalized spacial score (nSPS) is 14.6. The summed E-state index contributed by atoms with van der Waals surface area (Å²) in [6, 6.07) is 17.3. The van der Waals surface area contributed by atoms with E-state index >= 15 is 0 Å². The third kappa shape index (κ3) is 4.10. The van der Waals surface area contributed by atoms with Gasteiger partial charge in [0.1, 0.15) is 11.6 Å². The second kappa shape index (κ2) is 8.77. The molecule has 0 saturated carbocycles. The van der Waals surface area contributed by atoms with Gasteiger partial charge in [0.15, 0.2) is 0 Å². The van der Waals surface area contributed by atoms with Gasteiger partial charge < -0.3 is 13.2 Å². The van der Waals surface area contributed by atoms with E-state index in [1.807, 2.05) is 12.1 Å². The molecular formula is C27H28FIN2O. The molecule has 0 atom stereocenters. The smallest absolute Gasteiger partial charge is 0.129 e. The van der Waals surface area contributed by atoms with Crippen molar-refractivity contribution in [1.29, 1.82) is 0 Å². The van der Waals surface area contributed by atoms with Crippen LogP contribution >= 0.6 is 22.9 Å². The van der Waals surface area contributed by atoms with Crippen LogP contribution < -0.4 is 13.2 Å². The molecule has 166 valence electrons. The number of anilines is 2.